The third-order valence-corrected chi connectivity index (χ3v) is 2.95. The summed E-state index contributed by atoms with van der Waals surface area (Å²) in [5, 5.41) is 0.436. The Kier molecular flexibility index (Phi) is 3.42. The van der Waals surface area contributed by atoms with E-state index in [2.05, 4.69) is 4.98 Å². The first-order chi connectivity index (χ1) is 7.31. The van der Waals surface area contributed by atoms with E-state index >= 15 is 0 Å². The quantitative estimate of drug-likeness (QED) is 0.721. The Labute approximate surface area is 91.0 Å². The van der Waals surface area contributed by atoms with Gasteiger partial charge in [-0.15, -0.1) is 11.3 Å². The van der Waals surface area contributed by atoms with Crippen molar-refractivity contribution in [1.82, 2.24) is 4.98 Å². The van der Waals surface area contributed by atoms with Crippen molar-refractivity contribution in [1.29, 1.82) is 0 Å². The average Bonchev–Trinajstić information content (AvgIpc) is 2.89. The third-order valence-electron chi connectivity index (χ3n) is 1.89. The van der Waals surface area contributed by atoms with Crippen LogP contribution in [0.5, 0.6) is 0 Å². The lowest BCUT2D eigenvalue weighted by Gasteiger charge is -2.03. The van der Waals surface area contributed by atoms with Crippen LogP contribution in [0.2, 0.25) is 0 Å². The number of carbonyl (C=O) groups excluding carboxylic acids is 1. The predicted molar refractivity (Wildman–Crippen MR) is 53.0 cm³/mol. The lowest BCUT2D eigenvalue weighted by atomic mass is 10.4. The van der Waals surface area contributed by atoms with Crippen LogP contribution in [0, 0.1) is 0 Å². The van der Waals surface area contributed by atoms with Crippen molar-refractivity contribution in [2.45, 2.75) is 6.29 Å². The fourth-order valence-corrected chi connectivity index (χ4v) is 2.08. The largest absolute Gasteiger partial charge is 0.376 e. The SMILES string of the molecule is COCC(=O)c1ncc(C2OCCO2)s1. The summed E-state index contributed by atoms with van der Waals surface area (Å²) in [4.78, 5) is 16.2. The molecule has 2 rings (SSSR count). The lowest BCUT2D eigenvalue weighted by Crippen LogP contribution is -2.05. The van der Waals surface area contributed by atoms with Crippen molar-refractivity contribution in [3.8, 4) is 0 Å². The number of ether oxygens (including phenoxy) is 3. The van der Waals surface area contributed by atoms with Gasteiger partial charge in [-0.05, 0) is 0 Å². The Morgan fingerprint density at radius 2 is 2.40 bits per heavy atom. The van der Waals surface area contributed by atoms with E-state index < -0.39 is 0 Å². The number of rotatable bonds is 4. The minimum atomic E-state index is -0.355. The van der Waals surface area contributed by atoms with Gasteiger partial charge in [-0.1, -0.05) is 0 Å². The molecule has 1 aromatic rings. The monoisotopic (exact) mass is 229 g/mol. The number of hydrogen-bond acceptors (Lipinski definition) is 6. The first-order valence-electron chi connectivity index (χ1n) is 4.52. The molecule has 15 heavy (non-hydrogen) atoms. The van der Waals surface area contributed by atoms with Gasteiger partial charge in [-0.3, -0.25) is 4.79 Å². The van der Waals surface area contributed by atoms with Crippen molar-refractivity contribution in [3.05, 3.63) is 16.1 Å². The van der Waals surface area contributed by atoms with E-state index in [0.29, 0.717) is 18.2 Å². The van der Waals surface area contributed by atoms with Crippen molar-refractivity contribution in [2.24, 2.45) is 0 Å². The standard InChI is InChI=1S/C9H11NO4S/c1-12-5-6(11)8-10-4-7(15-8)9-13-2-3-14-9/h4,9H,2-3,5H2,1H3. The molecule has 0 saturated carbocycles. The van der Waals surface area contributed by atoms with E-state index in [1.54, 1.807) is 6.20 Å². The van der Waals surface area contributed by atoms with Gasteiger partial charge >= 0.3 is 0 Å². The molecule has 0 N–H and O–H groups in total. The Morgan fingerprint density at radius 3 is 3.07 bits per heavy atom. The molecule has 0 spiro atoms. The molecular formula is C9H11NO4S. The molecule has 0 amide bonds. The van der Waals surface area contributed by atoms with E-state index in [9.17, 15) is 4.79 Å². The molecule has 1 aliphatic heterocycles. The molecule has 6 heteroatoms. The molecule has 0 atom stereocenters. The fourth-order valence-electron chi connectivity index (χ4n) is 1.24. The van der Waals surface area contributed by atoms with Gasteiger partial charge in [-0.25, -0.2) is 4.98 Å². The number of aromatic nitrogens is 1. The molecule has 82 valence electrons. The van der Waals surface area contributed by atoms with Crippen LogP contribution in [-0.2, 0) is 14.2 Å². The number of nitrogens with zero attached hydrogens (tertiary/aromatic N) is 1. The summed E-state index contributed by atoms with van der Waals surface area (Å²) in [7, 11) is 1.48. The second-order valence-electron chi connectivity index (χ2n) is 3.00. The van der Waals surface area contributed by atoms with Crippen LogP contribution in [0.15, 0.2) is 6.20 Å². The van der Waals surface area contributed by atoms with Gasteiger partial charge in [0.25, 0.3) is 0 Å². The summed E-state index contributed by atoms with van der Waals surface area (Å²) in [6, 6.07) is 0. The van der Waals surface area contributed by atoms with Crippen LogP contribution in [-0.4, -0.2) is 37.7 Å². The van der Waals surface area contributed by atoms with Crippen LogP contribution < -0.4 is 0 Å². The highest BCUT2D eigenvalue weighted by Gasteiger charge is 2.22. The van der Waals surface area contributed by atoms with E-state index in [-0.39, 0.29) is 18.7 Å². The Bertz CT molecular complexity index is 346. The number of ketones is 1. The molecule has 1 aliphatic rings. The normalized spacial score (nSPS) is 17.1. The Balaban J connectivity index is 2.06. The maximum Gasteiger partial charge on any atom is 0.216 e. The number of Topliss-reactive ketones (excluding diaryl/α,β-unsaturated/α-hetero) is 1. The van der Waals surface area contributed by atoms with Gasteiger partial charge < -0.3 is 14.2 Å². The van der Waals surface area contributed by atoms with Crippen LogP contribution in [0.1, 0.15) is 21.0 Å². The van der Waals surface area contributed by atoms with Crippen LogP contribution in [0.25, 0.3) is 0 Å². The first kappa shape index (κ1) is 10.7. The third kappa shape index (κ3) is 2.40. The van der Waals surface area contributed by atoms with Crippen molar-refractivity contribution >= 4 is 17.1 Å². The summed E-state index contributed by atoms with van der Waals surface area (Å²) in [5.74, 6) is -0.119. The zero-order valence-corrected chi connectivity index (χ0v) is 9.08. The molecule has 0 aliphatic carbocycles. The molecule has 0 radical (unpaired) electrons. The Morgan fingerprint density at radius 1 is 1.67 bits per heavy atom. The Hall–Kier alpha value is -0.820. The zero-order valence-electron chi connectivity index (χ0n) is 8.26. The molecule has 0 bridgehead atoms. The zero-order chi connectivity index (χ0) is 10.7. The minimum absolute atomic E-state index is 0.0549. The number of methoxy groups -OCH3 is 1. The second-order valence-corrected chi connectivity index (χ2v) is 4.06. The maximum absolute atomic E-state index is 11.4. The molecule has 0 aromatic carbocycles. The van der Waals surface area contributed by atoms with Crippen molar-refractivity contribution in [3.63, 3.8) is 0 Å². The summed E-state index contributed by atoms with van der Waals surface area (Å²) < 4.78 is 15.3. The molecule has 1 saturated heterocycles. The van der Waals surface area contributed by atoms with Crippen molar-refractivity contribution < 1.29 is 19.0 Å². The topological polar surface area (TPSA) is 57.7 Å². The highest BCUT2D eigenvalue weighted by Crippen LogP contribution is 2.28. The van der Waals surface area contributed by atoms with Crippen LogP contribution >= 0.6 is 11.3 Å². The van der Waals surface area contributed by atoms with Gasteiger partial charge in [0.05, 0.1) is 18.1 Å². The molecule has 1 aromatic heterocycles. The van der Waals surface area contributed by atoms with E-state index in [4.69, 9.17) is 14.2 Å². The number of carbonyl (C=O) groups is 1. The van der Waals surface area contributed by atoms with E-state index in [1.165, 1.54) is 18.4 Å². The van der Waals surface area contributed by atoms with E-state index in [0.717, 1.165) is 4.88 Å². The van der Waals surface area contributed by atoms with Gasteiger partial charge in [-0.2, -0.15) is 0 Å². The predicted octanol–water partition coefficient (Wildman–Crippen LogP) is 1.02. The highest BCUT2D eigenvalue weighted by atomic mass is 32.1. The molecule has 5 nitrogen and oxygen atoms in total. The lowest BCUT2D eigenvalue weighted by molar-refractivity contribution is -0.0414. The molecule has 0 unspecified atom stereocenters. The molecule has 1 fully saturated rings. The average molecular weight is 229 g/mol. The number of thiazole rings is 1. The van der Waals surface area contributed by atoms with Crippen LogP contribution in [0.4, 0.5) is 0 Å². The summed E-state index contributed by atoms with van der Waals surface area (Å²) >= 11 is 1.29. The van der Waals surface area contributed by atoms with Crippen molar-refractivity contribution in [2.75, 3.05) is 26.9 Å². The molecule has 2 heterocycles. The molecular weight excluding hydrogens is 218 g/mol. The summed E-state index contributed by atoms with van der Waals surface area (Å²) in [6.07, 6.45) is 1.26. The number of hydrogen-bond donors (Lipinski definition) is 0. The van der Waals surface area contributed by atoms with Crippen LogP contribution in [0.3, 0.4) is 0 Å². The minimum Gasteiger partial charge on any atom is -0.376 e. The smallest absolute Gasteiger partial charge is 0.216 e. The first-order valence-corrected chi connectivity index (χ1v) is 5.34. The van der Waals surface area contributed by atoms with Gasteiger partial charge in [0, 0.05) is 13.3 Å². The van der Waals surface area contributed by atoms with Gasteiger partial charge in [0.1, 0.15) is 6.61 Å². The summed E-state index contributed by atoms with van der Waals surface area (Å²) in [5.41, 5.74) is 0. The van der Waals surface area contributed by atoms with Gasteiger partial charge in [0.15, 0.2) is 11.3 Å². The second kappa shape index (κ2) is 4.80. The highest BCUT2D eigenvalue weighted by molar-refractivity contribution is 7.13. The maximum atomic E-state index is 11.4. The van der Waals surface area contributed by atoms with Gasteiger partial charge in [0.2, 0.25) is 5.78 Å². The summed E-state index contributed by atoms with van der Waals surface area (Å²) in [6.45, 7) is 1.23. The fraction of sp³-hybridized carbons (Fsp3) is 0.556. The van der Waals surface area contributed by atoms with E-state index in [1.807, 2.05) is 0 Å².